The van der Waals surface area contributed by atoms with Crippen LogP contribution in [0.5, 0.6) is 0 Å². The monoisotopic (exact) mass is 164 g/mol. The molecule has 0 saturated carbocycles. The van der Waals surface area contributed by atoms with Crippen molar-refractivity contribution in [2.75, 3.05) is 5.32 Å². The topological polar surface area (TPSA) is 42.0 Å². The molecular weight excluding hydrogens is 152 g/mol. The van der Waals surface area contributed by atoms with Crippen LogP contribution in [0.1, 0.15) is 24.2 Å². The van der Waals surface area contributed by atoms with Crippen molar-refractivity contribution in [3.63, 3.8) is 0 Å². The number of carbonyl (C=O) groups excluding carboxylic acids is 1. The maximum Gasteiger partial charge on any atom is 0.153 e. The smallest absolute Gasteiger partial charge is 0.153 e. The normalized spacial score (nSPS) is 9.92. The van der Waals surface area contributed by atoms with Gasteiger partial charge in [-0.05, 0) is 19.9 Å². The lowest BCUT2D eigenvalue weighted by molar-refractivity contribution is 0.112. The van der Waals surface area contributed by atoms with E-state index in [1.807, 2.05) is 13.8 Å². The van der Waals surface area contributed by atoms with Crippen LogP contribution < -0.4 is 5.32 Å². The van der Waals surface area contributed by atoms with E-state index in [0.29, 0.717) is 11.6 Å². The molecule has 0 radical (unpaired) electrons. The van der Waals surface area contributed by atoms with Crippen molar-refractivity contribution < 1.29 is 4.79 Å². The third kappa shape index (κ3) is 2.05. The van der Waals surface area contributed by atoms with Crippen LogP contribution in [0, 0.1) is 0 Å². The Balaban J connectivity index is 2.89. The van der Waals surface area contributed by atoms with E-state index in [1.54, 1.807) is 18.5 Å². The summed E-state index contributed by atoms with van der Waals surface area (Å²) in [6.07, 6.45) is 4.02. The standard InChI is InChI=1S/C9H12N2O/c1-7(2)11-9-3-4-10-5-8(9)6-12/h3-7H,1-2H3,(H,10,11). The van der Waals surface area contributed by atoms with Gasteiger partial charge in [0.2, 0.25) is 0 Å². The molecule has 1 rings (SSSR count). The van der Waals surface area contributed by atoms with Crippen LogP contribution in [0.15, 0.2) is 18.5 Å². The van der Waals surface area contributed by atoms with Crippen molar-refractivity contribution in [2.45, 2.75) is 19.9 Å². The molecule has 1 aromatic rings. The predicted octanol–water partition coefficient (Wildman–Crippen LogP) is 1.71. The minimum Gasteiger partial charge on any atom is -0.382 e. The van der Waals surface area contributed by atoms with Gasteiger partial charge in [-0.1, -0.05) is 0 Å². The molecular formula is C9H12N2O. The first-order valence-electron chi connectivity index (χ1n) is 3.89. The van der Waals surface area contributed by atoms with E-state index in [9.17, 15) is 4.79 Å². The van der Waals surface area contributed by atoms with Crippen LogP contribution >= 0.6 is 0 Å². The lowest BCUT2D eigenvalue weighted by atomic mass is 10.2. The number of nitrogens with zero attached hydrogens (tertiary/aromatic N) is 1. The zero-order valence-electron chi connectivity index (χ0n) is 7.24. The van der Waals surface area contributed by atoms with Gasteiger partial charge >= 0.3 is 0 Å². The molecule has 3 nitrogen and oxygen atoms in total. The van der Waals surface area contributed by atoms with Gasteiger partial charge in [-0.25, -0.2) is 0 Å². The lowest BCUT2D eigenvalue weighted by Crippen LogP contribution is -2.11. The van der Waals surface area contributed by atoms with E-state index in [0.717, 1.165) is 12.0 Å². The Morgan fingerprint density at radius 2 is 2.33 bits per heavy atom. The quantitative estimate of drug-likeness (QED) is 0.691. The molecule has 1 N–H and O–H groups in total. The van der Waals surface area contributed by atoms with Gasteiger partial charge in [-0.15, -0.1) is 0 Å². The van der Waals surface area contributed by atoms with Gasteiger partial charge in [-0.2, -0.15) is 0 Å². The van der Waals surface area contributed by atoms with Gasteiger partial charge < -0.3 is 5.32 Å². The molecule has 0 amide bonds. The van der Waals surface area contributed by atoms with Crippen LogP contribution in [0.2, 0.25) is 0 Å². The molecule has 0 fully saturated rings. The second-order valence-electron chi connectivity index (χ2n) is 2.88. The SMILES string of the molecule is CC(C)Nc1ccncc1C=O. The molecule has 0 aliphatic rings. The fourth-order valence-electron chi connectivity index (χ4n) is 0.943. The van der Waals surface area contributed by atoms with Gasteiger partial charge in [0.25, 0.3) is 0 Å². The number of rotatable bonds is 3. The highest BCUT2D eigenvalue weighted by Gasteiger charge is 2.00. The van der Waals surface area contributed by atoms with E-state index >= 15 is 0 Å². The van der Waals surface area contributed by atoms with Crippen molar-refractivity contribution in [1.82, 2.24) is 4.98 Å². The minimum absolute atomic E-state index is 0.325. The fraction of sp³-hybridized carbons (Fsp3) is 0.333. The highest BCUT2D eigenvalue weighted by molar-refractivity contribution is 5.83. The number of aldehydes is 1. The summed E-state index contributed by atoms with van der Waals surface area (Å²) in [6, 6.07) is 2.12. The molecule has 0 bridgehead atoms. The molecule has 0 unspecified atom stereocenters. The molecule has 1 aromatic heterocycles. The highest BCUT2D eigenvalue weighted by atomic mass is 16.1. The van der Waals surface area contributed by atoms with Crippen LogP contribution in [-0.2, 0) is 0 Å². The molecule has 0 spiro atoms. The van der Waals surface area contributed by atoms with Crippen LogP contribution in [0.25, 0.3) is 0 Å². The first kappa shape index (κ1) is 8.71. The summed E-state index contributed by atoms with van der Waals surface area (Å²) in [5, 5.41) is 3.15. The molecule has 0 atom stereocenters. The average molecular weight is 164 g/mol. The summed E-state index contributed by atoms with van der Waals surface area (Å²) in [5.74, 6) is 0. The number of hydrogen-bond acceptors (Lipinski definition) is 3. The Morgan fingerprint density at radius 3 is 2.92 bits per heavy atom. The van der Waals surface area contributed by atoms with Gasteiger partial charge in [-0.3, -0.25) is 9.78 Å². The second-order valence-corrected chi connectivity index (χ2v) is 2.88. The second kappa shape index (κ2) is 3.85. The Labute approximate surface area is 71.8 Å². The summed E-state index contributed by atoms with van der Waals surface area (Å²) < 4.78 is 0. The number of carbonyl (C=O) groups is 1. The maximum atomic E-state index is 10.5. The van der Waals surface area contributed by atoms with Crippen molar-refractivity contribution >= 4 is 12.0 Å². The van der Waals surface area contributed by atoms with Gasteiger partial charge in [0.1, 0.15) is 0 Å². The predicted molar refractivity (Wildman–Crippen MR) is 48.4 cm³/mol. The summed E-state index contributed by atoms with van der Waals surface area (Å²) in [4.78, 5) is 14.4. The fourth-order valence-corrected chi connectivity index (χ4v) is 0.943. The number of hydrogen-bond donors (Lipinski definition) is 1. The van der Waals surface area contributed by atoms with Gasteiger partial charge in [0, 0.05) is 24.1 Å². The number of nitrogens with one attached hydrogen (secondary N) is 1. The molecule has 64 valence electrons. The number of anilines is 1. The third-order valence-corrected chi connectivity index (χ3v) is 1.42. The Morgan fingerprint density at radius 1 is 1.58 bits per heavy atom. The van der Waals surface area contributed by atoms with E-state index < -0.39 is 0 Å². The molecule has 0 saturated heterocycles. The number of pyridine rings is 1. The number of aromatic nitrogens is 1. The summed E-state index contributed by atoms with van der Waals surface area (Å²) >= 11 is 0. The van der Waals surface area contributed by atoms with Gasteiger partial charge in [0.15, 0.2) is 6.29 Å². The highest BCUT2D eigenvalue weighted by Crippen LogP contribution is 2.11. The molecule has 3 heteroatoms. The third-order valence-electron chi connectivity index (χ3n) is 1.42. The van der Waals surface area contributed by atoms with Crippen molar-refractivity contribution in [3.05, 3.63) is 24.0 Å². The van der Waals surface area contributed by atoms with Crippen LogP contribution in [0.3, 0.4) is 0 Å². The first-order valence-corrected chi connectivity index (χ1v) is 3.89. The van der Waals surface area contributed by atoms with E-state index in [1.165, 1.54) is 0 Å². The molecule has 0 aliphatic carbocycles. The van der Waals surface area contributed by atoms with Crippen molar-refractivity contribution in [2.24, 2.45) is 0 Å². The summed E-state index contributed by atoms with van der Waals surface area (Å²) in [5.41, 5.74) is 1.45. The van der Waals surface area contributed by atoms with E-state index in [4.69, 9.17) is 0 Å². The molecule has 12 heavy (non-hydrogen) atoms. The Hall–Kier alpha value is -1.38. The summed E-state index contributed by atoms with van der Waals surface area (Å²) in [6.45, 7) is 4.05. The zero-order valence-corrected chi connectivity index (χ0v) is 7.24. The maximum absolute atomic E-state index is 10.5. The summed E-state index contributed by atoms with van der Waals surface area (Å²) in [7, 11) is 0. The van der Waals surface area contributed by atoms with Crippen LogP contribution in [0.4, 0.5) is 5.69 Å². The zero-order chi connectivity index (χ0) is 8.97. The van der Waals surface area contributed by atoms with E-state index in [2.05, 4.69) is 10.3 Å². The van der Waals surface area contributed by atoms with Crippen LogP contribution in [-0.4, -0.2) is 17.3 Å². The lowest BCUT2D eigenvalue weighted by Gasteiger charge is -2.10. The molecule has 0 aliphatic heterocycles. The molecule has 0 aromatic carbocycles. The Bertz CT molecular complexity index is 271. The minimum atomic E-state index is 0.325. The molecule has 1 heterocycles. The van der Waals surface area contributed by atoms with Crippen molar-refractivity contribution in [3.8, 4) is 0 Å². The van der Waals surface area contributed by atoms with Gasteiger partial charge in [0.05, 0.1) is 5.56 Å². The average Bonchev–Trinajstić information content (AvgIpc) is 2.04. The van der Waals surface area contributed by atoms with Crippen molar-refractivity contribution in [1.29, 1.82) is 0 Å². The Kier molecular flexibility index (Phi) is 2.80. The van der Waals surface area contributed by atoms with E-state index in [-0.39, 0.29) is 0 Å². The first-order chi connectivity index (χ1) is 5.74. The largest absolute Gasteiger partial charge is 0.382 e.